The highest BCUT2D eigenvalue weighted by Gasteiger charge is 2.22. The molecule has 106 valence electrons. The minimum absolute atomic E-state index is 0.470. The Morgan fingerprint density at radius 3 is 2.61 bits per heavy atom. The van der Waals surface area contributed by atoms with Crippen LogP contribution in [-0.2, 0) is 4.74 Å². The second-order valence-electron chi connectivity index (χ2n) is 6.10. The van der Waals surface area contributed by atoms with Crippen LogP contribution in [0.5, 0.6) is 0 Å². The molecule has 0 aromatic carbocycles. The second-order valence-corrected chi connectivity index (χ2v) is 6.10. The first-order valence-electron chi connectivity index (χ1n) is 7.81. The molecule has 1 heterocycles. The van der Waals surface area contributed by atoms with Crippen molar-refractivity contribution in [2.45, 2.75) is 70.1 Å². The Morgan fingerprint density at radius 1 is 1.17 bits per heavy atom. The van der Waals surface area contributed by atoms with Crippen molar-refractivity contribution in [1.82, 2.24) is 10.2 Å². The van der Waals surface area contributed by atoms with Crippen LogP contribution in [0.3, 0.4) is 0 Å². The Labute approximate surface area is 112 Å². The third-order valence-corrected chi connectivity index (χ3v) is 4.68. The number of nitrogens with one attached hydrogen (secondary N) is 1. The molecule has 0 amide bonds. The number of ether oxygens (including phenoxy) is 1. The van der Waals surface area contributed by atoms with Gasteiger partial charge in [-0.3, -0.25) is 4.90 Å². The van der Waals surface area contributed by atoms with Gasteiger partial charge in [-0.05, 0) is 39.7 Å². The lowest BCUT2D eigenvalue weighted by Crippen LogP contribution is -2.45. The normalized spacial score (nSPS) is 27.8. The molecule has 3 nitrogen and oxygen atoms in total. The largest absolute Gasteiger partial charge is 0.377 e. The van der Waals surface area contributed by atoms with Crippen LogP contribution in [0.25, 0.3) is 0 Å². The molecule has 2 atom stereocenters. The number of hydrogen-bond donors (Lipinski definition) is 1. The Balaban J connectivity index is 1.61. The van der Waals surface area contributed by atoms with Crippen molar-refractivity contribution in [1.29, 1.82) is 0 Å². The van der Waals surface area contributed by atoms with E-state index in [1.807, 2.05) is 0 Å². The molecule has 0 radical (unpaired) electrons. The summed E-state index contributed by atoms with van der Waals surface area (Å²) in [5.74, 6) is 0. The molecule has 1 saturated heterocycles. The van der Waals surface area contributed by atoms with E-state index in [-0.39, 0.29) is 0 Å². The van der Waals surface area contributed by atoms with Crippen molar-refractivity contribution in [3.63, 3.8) is 0 Å². The summed E-state index contributed by atoms with van der Waals surface area (Å²) >= 11 is 0. The van der Waals surface area contributed by atoms with Crippen molar-refractivity contribution < 1.29 is 4.74 Å². The fraction of sp³-hybridized carbons (Fsp3) is 1.00. The lowest BCUT2D eigenvalue weighted by molar-refractivity contribution is 0.103. The Morgan fingerprint density at radius 2 is 1.94 bits per heavy atom. The maximum Gasteiger partial charge on any atom is 0.0700 e. The quantitative estimate of drug-likeness (QED) is 0.788. The molecule has 0 bridgehead atoms. The van der Waals surface area contributed by atoms with Gasteiger partial charge in [0.15, 0.2) is 0 Å². The van der Waals surface area contributed by atoms with Crippen LogP contribution < -0.4 is 5.32 Å². The molecule has 1 aliphatic carbocycles. The van der Waals surface area contributed by atoms with Gasteiger partial charge in [0.2, 0.25) is 0 Å². The van der Waals surface area contributed by atoms with Crippen LogP contribution in [0.4, 0.5) is 0 Å². The number of rotatable bonds is 6. The van der Waals surface area contributed by atoms with E-state index >= 15 is 0 Å². The van der Waals surface area contributed by atoms with E-state index in [2.05, 4.69) is 24.2 Å². The first-order chi connectivity index (χ1) is 8.77. The fourth-order valence-electron chi connectivity index (χ4n) is 3.25. The molecular weight excluding hydrogens is 224 g/mol. The van der Waals surface area contributed by atoms with E-state index in [1.165, 1.54) is 44.9 Å². The zero-order chi connectivity index (χ0) is 12.8. The SMILES string of the molecule is CC(CNCC1CCCO1)N(C)C1CCCCC1. The molecule has 2 aliphatic rings. The van der Waals surface area contributed by atoms with E-state index < -0.39 is 0 Å². The predicted octanol–water partition coefficient (Wildman–Crippen LogP) is 2.41. The van der Waals surface area contributed by atoms with Gasteiger partial charge in [-0.2, -0.15) is 0 Å². The highest BCUT2D eigenvalue weighted by molar-refractivity contribution is 4.79. The van der Waals surface area contributed by atoms with Gasteiger partial charge in [0.1, 0.15) is 0 Å². The fourth-order valence-corrected chi connectivity index (χ4v) is 3.25. The topological polar surface area (TPSA) is 24.5 Å². The van der Waals surface area contributed by atoms with Gasteiger partial charge >= 0.3 is 0 Å². The summed E-state index contributed by atoms with van der Waals surface area (Å²) in [5, 5.41) is 3.58. The maximum absolute atomic E-state index is 5.64. The number of hydrogen-bond acceptors (Lipinski definition) is 3. The summed E-state index contributed by atoms with van der Waals surface area (Å²) in [6, 6.07) is 1.45. The molecule has 18 heavy (non-hydrogen) atoms. The van der Waals surface area contributed by atoms with Crippen LogP contribution in [0.1, 0.15) is 51.9 Å². The molecule has 2 unspecified atom stereocenters. The Kier molecular flexibility index (Phi) is 5.93. The maximum atomic E-state index is 5.64. The molecule has 0 spiro atoms. The Bertz CT molecular complexity index is 223. The molecule has 3 heteroatoms. The van der Waals surface area contributed by atoms with Crippen LogP contribution in [0.2, 0.25) is 0 Å². The predicted molar refractivity (Wildman–Crippen MR) is 75.9 cm³/mol. The van der Waals surface area contributed by atoms with Crippen LogP contribution in [-0.4, -0.2) is 49.8 Å². The number of nitrogens with zero attached hydrogens (tertiary/aromatic N) is 1. The summed E-state index contributed by atoms with van der Waals surface area (Å²) in [6.07, 6.45) is 10.0. The van der Waals surface area contributed by atoms with Crippen molar-refractivity contribution >= 4 is 0 Å². The third kappa shape index (κ3) is 4.22. The van der Waals surface area contributed by atoms with Gasteiger partial charge in [-0.25, -0.2) is 0 Å². The zero-order valence-electron chi connectivity index (χ0n) is 12.2. The first-order valence-corrected chi connectivity index (χ1v) is 7.81. The Hall–Kier alpha value is -0.120. The molecule has 0 aromatic rings. The molecular formula is C15H30N2O. The van der Waals surface area contributed by atoms with Crippen LogP contribution in [0.15, 0.2) is 0 Å². The third-order valence-electron chi connectivity index (χ3n) is 4.68. The van der Waals surface area contributed by atoms with Gasteiger partial charge in [-0.1, -0.05) is 19.3 Å². The van der Waals surface area contributed by atoms with E-state index in [0.717, 1.165) is 25.7 Å². The number of likely N-dealkylation sites (N-methyl/N-ethyl adjacent to an activating group) is 1. The van der Waals surface area contributed by atoms with Crippen molar-refractivity contribution in [3.8, 4) is 0 Å². The van der Waals surface area contributed by atoms with Crippen molar-refractivity contribution in [2.75, 3.05) is 26.7 Å². The van der Waals surface area contributed by atoms with E-state index in [9.17, 15) is 0 Å². The van der Waals surface area contributed by atoms with Gasteiger partial charge in [0.25, 0.3) is 0 Å². The summed E-state index contributed by atoms with van der Waals surface area (Å²) < 4.78 is 5.64. The molecule has 1 saturated carbocycles. The summed E-state index contributed by atoms with van der Waals surface area (Å²) in [4.78, 5) is 2.58. The minimum Gasteiger partial charge on any atom is -0.377 e. The standard InChI is InChI=1S/C15H30N2O/c1-13(11-16-12-15-9-6-10-18-15)17(2)14-7-4-3-5-8-14/h13-16H,3-12H2,1-2H3. The molecule has 0 aromatic heterocycles. The molecule has 2 rings (SSSR count). The van der Waals surface area contributed by atoms with Crippen molar-refractivity contribution in [2.24, 2.45) is 0 Å². The van der Waals surface area contributed by atoms with Gasteiger partial charge in [0, 0.05) is 31.8 Å². The highest BCUT2D eigenvalue weighted by Crippen LogP contribution is 2.22. The van der Waals surface area contributed by atoms with Crippen LogP contribution in [0, 0.1) is 0 Å². The van der Waals surface area contributed by atoms with E-state index in [4.69, 9.17) is 4.74 Å². The van der Waals surface area contributed by atoms with Gasteiger partial charge in [0.05, 0.1) is 6.10 Å². The first kappa shape index (κ1) is 14.3. The molecule has 1 aliphatic heterocycles. The van der Waals surface area contributed by atoms with E-state index in [1.54, 1.807) is 0 Å². The molecule has 1 N–H and O–H groups in total. The van der Waals surface area contributed by atoms with Crippen molar-refractivity contribution in [3.05, 3.63) is 0 Å². The summed E-state index contributed by atoms with van der Waals surface area (Å²) in [7, 11) is 2.30. The lowest BCUT2D eigenvalue weighted by Gasteiger charge is -2.35. The van der Waals surface area contributed by atoms with E-state index in [0.29, 0.717) is 12.1 Å². The summed E-state index contributed by atoms with van der Waals surface area (Å²) in [6.45, 7) is 5.43. The smallest absolute Gasteiger partial charge is 0.0700 e. The summed E-state index contributed by atoms with van der Waals surface area (Å²) in [5.41, 5.74) is 0. The zero-order valence-corrected chi connectivity index (χ0v) is 12.2. The lowest BCUT2D eigenvalue weighted by atomic mass is 9.94. The second kappa shape index (κ2) is 7.46. The average molecular weight is 254 g/mol. The molecule has 2 fully saturated rings. The highest BCUT2D eigenvalue weighted by atomic mass is 16.5. The minimum atomic E-state index is 0.470. The van der Waals surface area contributed by atoms with Crippen LogP contribution >= 0.6 is 0 Å². The van der Waals surface area contributed by atoms with Gasteiger partial charge < -0.3 is 10.1 Å². The van der Waals surface area contributed by atoms with Gasteiger partial charge in [-0.15, -0.1) is 0 Å². The average Bonchev–Trinajstić information content (AvgIpc) is 2.92. The monoisotopic (exact) mass is 254 g/mol.